The Morgan fingerprint density at radius 2 is 1.40 bits per heavy atom. The molecule has 328 valence electrons. The second-order valence-corrected chi connectivity index (χ2v) is 18.1. The summed E-state index contributed by atoms with van der Waals surface area (Å²) in [6.07, 6.45) is -5.29. The predicted molar refractivity (Wildman–Crippen MR) is 224 cm³/mol. The Labute approximate surface area is 361 Å². The van der Waals surface area contributed by atoms with Gasteiger partial charge in [0.2, 0.25) is 0 Å². The van der Waals surface area contributed by atoms with Crippen LogP contribution in [0.3, 0.4) is 0 Å². The Bertz CT molecular complexity index is 2280. The number of nitrogens with one attached hydrogen (secondary N) is 1. The van der Waals surface area contributed by atoms with Crippen LogP contribution in [0.2, 0.25) is 0 Å². The maximum Gasteiger partial charge on any atom is 0.338 e. The number of fused-ring (bicyclic) bond motifs is 5. The highest BCUT2D eigenvalue weighted by Crippen LogP contribution is 2.65. The van der Waals surface area contributed by atoms with Gasteiger partial charge in [-0.15, -0.1) is 0 Å². The van der Waals surface area contributed by atoms with Crippen LogP contribution in [0.25, 0.3) is 0 Å². The molecule has 2 saturated carbocycles. The first-order valence-corrected chi connectivity index (χ1v) is 21.1. The van der Waals surface area contributed by atoms with Gasteiger partial charge < -0.3 is 34.1 Å². The second-order valence-electron chi connectivity index (χ2n) is 18.1. The number of carbonyl (C=O) groups is 6. The van der Waals surface area contributed by atoms with Crippen LogP contribution < -0.4 is 5.32 Å². The highest BCUT2D eigenvalue weighted by Gasteiger charge is 2.77. The van der Waals surface area contributed by atoms with E-state index in [2.05, 4.69) is 5.32 Å². The average molecular weight is 850 g/mol. The van der Waals surface area contributed by atoms with Gasteiger partial charge in [-0.05, 0) is 67.2 Å². The molecule has 13 nitrogen and oxygen atoms in total. The first-order chi connectivity index (χ1) is 29.3. The van der Waals surface area contributed by atoms with Crippen molar-refractivity contribution in [2.45, 2.75) is 110 Å². The SMILES string of the molecule is CC(=O)O[C@H]1C(=O)[C@@]2(C)[C@H]([C@H](OC(=O)c3ccccc3)[C@]3(O)C[C@H](OC(=O)[C@H](C)C(NC(=O)c4ccccc4)c4ccccc4)C(C)=C1C3(C)C)[C@]1(OC(C)=O)CO[C@@H]1C[C@@H]2C. The van der Waals surface area contributed by atoms with E-state index in [1.165, 1.54) is 13.8 Å². The fourth-order valence-corrected chi connectivity index (χ4v) is 10.7. The Balaban J connectivity index is 1.39. The first kappa shape index (κ1) is 44.4. The number of ketones is 1. The topological polar surface area (TPSA) is 181 Å². The Morgan fingerprint density at radius 3 is 1.95 bits per heavy atom. The van der Waals surface area contributed by atoms with Crippen molar-refractivity contribution in [3.8, 4) is 0 Å². The minimum Gasteiger partial charge on any atom is -0.457 e. The summed E-state index contributed by atoms with van der Waals surface area (Å²) < 4.78 is 31.2. The molecule has 4 aliphatic rings. The number of Topliss-reactive ketones (excluding diaryl/α,β-unsaturated/α-hetero) is 1. The molecule has 1 amide bonds. The number of benzene rings is 3. The summed E-state index contributed by atoms with van der Waals surface area (Å²) >= 11 is 0. The zero-order valence-corrected chi connectivity index (χ0v) is 36.3. The number of rotatable bonds is 10. The summed E-state index contributed by atoms with van der Waals surface area (Å²) in [7, 11) is 0. The lowest BCUT2D eigenvalue weighted by Gasteiger charge is -2.68. The number of esters is 4. The van der Waals surface area contributed by atoms with Gasteiger partial charge in [0.15, 0.2) is 17.5 Å². The first-order valence-electron chi connectivity index (χ1n) is 21.1. The maximum atomic E-state index is 15.7. The number of carbonyl (C=O) groups excluding carboxylic acids is 6. The van der Waals surface area contributed by atoms with Crippen molar-refractivity contribution in [2.75, 3.05) is 6.61 Å². The molecule has 3 aromatic carbocycles. The molecule has 62 heavy (non-hydrogen) atoms. The molecular formula is C49H55NO12. The Kier molecular flexibility index (Phi) is 11.9. The fourth-order valence-electron chi connectivity index (χ4n) is 10.7. The van der Waals surface area contributed by atoms with Gasteiger partial charge in [0.05, 0.1) is 30.0 Å². The summed E-state index contributed by atoms with van der Waals surface area (Å²) in [5.41, 5.74) is -5.11. The summed E-state index contributed by atoms with van der Waals surface area (Å²) in [5, 5.41) is 16.8. The summed E-state index contributed by atoms with van der Waals surface area (Å²) in [4.78, 5) is 84.3. The van der Waals surface area contributed by atoms with Crippen LogP contribution in [0, 0.1) is 28.6 Å². The van der Waals surface area contributed by atoms with Crippen molar-refractivity contribution in [1.82, 2.24) is 5.32 Å². The molecule has 7 rings (SSSR count). The van der Waals surface area contributed by atoms with Crippen molar-refractivity contribution in [2.24, 2.45) is 28.6 Å². The second kappa shape index (κ2) is 16.6. The molecule has 11 atom stereocenters. The number of hydrogen-bond acceptors (Lipinski definition) is 12. The van der Waals surface area contributed by atoms with E-state index in [1.807, 2.05) is 13.0 Å². The normalized spacial score (nSPS) is 31.9. The molecule has 1 aliphatic heterocycles. The number of ether oxygens (including phenoxy) is 5. The van der Waals surface area contributed by atoms with E-state index < -0.39 is 106 Å². The lowest BCUT2D eigenvalue weighted by molar-refractivity contribution is -0.340. The van der Waals surface area contributed by atoms with Gasteiger partial charge in [0.25, 0.3) is 5.91 Å². The van der Waals surface area contributed by atoms with Gasteiger partial charge in [-0.2, -0.15) is 0 Å². The van der Waals surface area contributed by atoms with E-state index >= 15 is 4.79 Å². The van der Waals surface area contributed by atoms with E-state index in [0.29, 0.717) is 16.7 Å². The van der Waals surface area contributed by atoms with Crippen molar-refractivity contribution < 1.29 is 57.6 Å². The van der Waals surface area contributed by atoms with Crippen molar-refractivity contribution in [1.29, 1.82) is 0 Å². The third kappa shape index (κ3) is 7.32. The highest BCUT2D eigenvalue weighted by molar-refractivity contribution is 5.96. The van der Waals surface area contributed by atoms with E-state index in [9.17, 15) is 29.1 Å². The lowest BCUT2D eigenvalue weighted by Crippen LogP contribution is -2.80. The van der Waals surface area contributed by atoms with Crippen LogP contribution in [0.4, 0.5) is 0 Å². The van der Waals surface area contributed by atoms with Crippen LogP contribution >= 0.6 is 0 Å². The van der Waals surface area contributed by atoms with Crippen LogP contribution in [-0.2, 0) is 42.9 Å². The zero-order chi connectivity index (χ0) is 44.9. The molecular weight excluding hydrogens is 795 g/mol. The van der Waals surface area contributed by atoms with Gasteiger partial charge in [0.1, 0.15) is 23.9 Å². The molecule has 3 aliphatic carbocycles. The van der Waals surface area contributed by atoms with Crippen LogP contribution in [0.15, 0.2) is 102 Å². The average Bonchev–Trinajstić information content (AvgIpc) is 3.24. The minimum atomic E-state index is -2.20. The zero-order valence-electron chi connectivity index (χ0n) is 36.3. The van der Waals surface area contributed by atoms with Gasteiger partial charge in [-0.3, -0.25) is 24.0 Å². The molecule has 2 N–H and O–H groups in total. The monoisotopic (exact) mass is 849 g/mol. The Morgan fingerprint density at radius 1 is 0.823 bits per heavy atom. The molecule has 13 heteroatoms. The van der Waals surface area contributed by atoms with E-state index in [4.69, 9.17) is 23.7 Å². The number of hydrogen-bond donors (Lipinski definition) is 2. The van der Waals surface area contributed by atoms with E-state index in [1.54, 1.807) is 120 Å². The molecule has 2 bridgehead atoms. The van der Waals surface area contributed by atoms with Crippen molar-refractivity contribution >= 4 is 35.6 Å². The predicted octanol–water partition coefficient (Wildman–Crippen LogP) is 6.29. The van der Waals surface area contributed by atoms with Crippen LogP contribution in [-0.4, -0.2) is 82.9 Å². The molecule has 0 radical (unpaired) electrons. The number of amides is 1. The smallest absolute Gasteiger partial charge is 0.338 e. The lowest BCUT2D eigenvalue weighted by atomic mass is 9.43. The maximum absolute atomic E-state index is 15.7. The van der Waals surface area contributed by atoms with Crippen LogP contribution in [0.5, 0.6) is 0 Å². The molecule has 3 fully saturated rings. The van der Waals surface area contributed by atoms with Crippen molar-refractivity contribution in [3.05, 3.63) is 119 Å². The molecule has 1 unspecified atom stereocenters. The van der Waals surface area contributed by atoms with E-state index in [0.717, 1.165) is 0 Å². The standard InChI is InChI=1S/C49H55NO12/c1-27-24-36-48(26-58-36,62-31(5)52)40-42(61-45(56)34-22-16-11-17-23-34)49(57)25-35(28(2)37(46(49,6)7)39(59-30(4)51)41(53)47(27,40)8)60-44(55)29(3)38(32-18-12-9-13-19-32)50-43(54)33-20-14-10-15-21-33/h9-23,27,29,35-36,38-40,42,57H,24-26H2,1-8H3,(H,50,54)/t27-,29+,35-,36+,38?,39+,40-,42-,47+,48-,49+/m0/s1. The number of aliphatic hydroxyl groups is 1. The molecule has 1 heterocycles. The van der Waals surface area contributed by atoms with Gasteiger partial charge in [0, 0.05) is 36.7 Å². The van der Waals surface area contributed by atoms with Gasteiger partial charge in [-0.1, -0.05) is 94.4 Å². The third-order valence-electron chi connectivity index (χ3n) is 14.3. The van der Waals surface area contributed by atoms with Crippen molar-refractivity contribution in [3.63, 3.8) is 0 Å². The van der Waals surface area contributed by atoms with Gasteiger partial charge >= 0.3 is 23.9 Å². The van der Waals surface area contributed by atoms with Gasteiger partial charge in [-0.25, -0.2) is 4.79 Å². The molecule has 3 aromatic rings. The Hall–Kier alpha value is -5.66. The van der Waals surface area contributed by atoms with E-state index in [-0.39, 0.29) is 30.6 Å². The third-order valence-corrected chi connectivity index (χ3v) is 14.3. The fraction of sp³-hybridized carbons (Fsp3) is 0.469. The molecule has 1 saturated heterocycles. The molecule has 0 aromatic heterocycles. The largest absolute Gasteiger partial charge is 0.457 e. The highest BCUT2D eigenvalue weighted by atomic mass is 16.6. The summed E-state index contributed by atoms with van der Waals surface area (Å²) in [6, 6.07) is 24.9. The molecule has 0 spiro atoms. The quantitative estimate of drug-likeness (QED) is 0.133. The van der Waals surface area contributed by atoms with Crippen LogP contribution in [0.1, 0.15) is 101 Å². The summed E-state index contributed by atoms with van der Waals surface area (Å²) in [6.45, 7) is 12.4. The summed E-state index contributed by atoms with van der Waals surface area (Å²) in [5.74, 6) is -6.76. The minimum absolute atomic E-state index is 0.164.